The molecule has 7 nitrogen and oxygen atoms in total. The minimum Gasteiger partial charge on any atom is -0.309 e. The van der Waals surface area contributed by atoms with Crippen LogP contribution in [0, 0.1) is 5.92 Å². The summed E-state index contributed by atoms with van der Waals surface area (Å²) in [5.41, 5.74) is 1.14. The molecule has 1 saturated heterocycles. The number of aromatic amines is 1. The Hall–Kier alpha value is -2.07. The lowest BCUT2D eigenvalue weighted by atomic mass is 9.89. The van der Waals surface area contributed by atoms with Gasteiger partial charge in [-0.1, -0.05) is 25.1 Å². The van der Waals surface area contributed by atoms with Crippen LogP contribution >= 0.6 is 11.3 Å². The maximum atomic E-state index is 12.9. The molecule has 0 saturated carbocycles. The normalized spacial score (nSPS) is 21.5. The van der Waals surface area contributed by atoms with Crippen molar-refractivity contribution in [3.8, 4) is 0 Å². The second-order valence-corrected chi connectivity index (χ2v) is 11.9. The summed E-state index contributed by atoms with van der Waals surface area (Å²) >= 11 is 1.66. The van der Waals surface area contributed by atoms with Gasteiger partial charge >= 0.3 is 0 Å². The molecular weight excluding hydrogens is 444 g/mol. The van der Waals surface area contributed by atoms with E-state index in [1.54, 1.807) is 39.9 Å². The van der Waals surface area contributed by atoms with Crippen molar-refractivity contribution in [2.75, 3.05) is 26.2 Å². The predicted octanol–water partition coefficient (Wildman–Crippen LogP) is 3.18. The molecule has 2 aromatic heterocycles. The Labute approximate surface area is 192 Å². The third-order valence-corrected chi connectivity index (χ3v) is 9.84. The molecule has 1 fully saturated rings. The van der Waals surface area contributed by atoms with Gasteiger partial charge in [0.1, 0.15) is 10.7 Å². The standard InChI is InChI=1S/C23H28N4O3S2/c1-15-8-9-18-19(14-15)31-23-20(18)22(28)24-21(25-23)16(2)26-10-12-27(13-11-26)32(29,30)17-6-4-3-5-7-17/h3-7,15-16H,8-14H2,1-2H3,(H,24,25,28). The summed E-state index contributed by atoms with van der Waals surface area (Å²) in [5.74, 6) is 1.31. The number of thiophene rings is 1. The maximum absolute atomic E-state index is 12.9. The average Bonchev–Trinajstić information content (AvgIpc) is 3.17. The number of H-pyrrole nitrogens is 1. The minimum atomic E-state index is -3.48. The first kappa shape index (κ1) is 21.8. The molecule has 9 heteroatoms. The molecule has 170 valence electrons. The highest BCUT2D eigenvalue weighted by atomic mass is 32.2. The number of nitrogens with zero attached hydrogens (tertiary/aromatic N) is 3. The quantitative estimate of drug-likeness (QED) is 0.630. The molecule has 5 rings (SSSR count). The minimum absolute atomic E-state index is 0.0470. The third kappa shape index (κ3) is 3.81. The van der Waals surface area contributed by atoms with Gasteiger partial charge in [0.25, 0.3) is 5.56 Å². The number of aryl methyl sites for hydroxylation is 1. The van der Waals surface area contributed by atoms with E-state index >= 15 is 0 Å². The van der Waals surface area contributed by atoms with Crippen molar-refractivity contribution in [3.05, 3.63) is 57.0 Å². The second-order valence-electron chi connectivity index (χ2n) is 8.91. The fourth-order valence-electron chi connectivity index (χ4n) is 4.81. The fraction of sp³-hybridized carbons (Fsp3) is 0.478. The lowest BCUT2D eigenvalue weighted by molar-refractivity contribution is 0.141. The summed E-state index contributed by atoms with van der Waals surface area (Å²) in [6.07, 6.45) is 3.10. The Morgan fingerprint density at radius 2 is 1.88 bits per heavy atom. The first-order chi connectivity index (χ1) is 15.3. The topological polar surface area (TPSA) is 86.4 Å². The molecule has 0 bridgehead atoms. The third-order valence-electron chi connectivity index (χ3n) is 6.78. The van der Waals surface area contributed by atoms with Crippen LogP contribution in [0.15, 0.2) is 40.0 Å². The smallest absolute Gasteiger partial charge is 0.259 e. The number of piperazine rings is 1. The molecule has 2 aliphatic rings. The average molecular weight is 473 g/mol. The number of aromatic nitrogens is 2. The van der Waals surface area contributed by atoms with Gasteiger partial charge in [-0.15, -0.1) is 11.3 Å². The Balaban J connectivity index is 1.34. The van der Waals surface area contributed by atoms with Gasteiger partial charge in [0, 0.05) is 31.1 Å². The molecule has 1 aliphatic carbocycles. The summed E-state index contributed by atoms with van der Waals surface area (Å²) in [6, 6.07) is 8.48. The van der Waals surface area contributed by atoms with Crippen molar-refractivity contribution < 1.29 is 8.42 Å². The number of sulfonamides is 1. The lowest BCUT2D eigenvalue weighted by Gasteiger charge is -2.36. The van der Waals surface area contributed by atoms with Gasteiger partial charge in [0.05, 0.1) is 16.3 Å². The Kier molecular flexibility index (Phi) is 5.69. The molecule has 3 aromatic rings. The van der Waals surface area contributed by atoms with E-state index in [4.69, 9.17) is 4.98 Å². The van der Waals surface area contributed by atoms with Gasteiger partial charge in [-0.2, -0.15) is 4.31 Å². The SMILES string of the molecule is CC1CCc2c(sc3nc(C(C)N4CCN(S(=O)(=O)c5ccccc5)CC4)[nH]c(=O)c23)C1. The lowest BCUT2D eigenvalue weighted by Crippen LogP contribution is -2.49. The van der Waals surface area contributed by atoms with Crippen LogP contribution in [0.2, 0.25) is 0 Å². The van der Waals surface area contributed by atoms with E-state index in [0.29, 0.717) is 42.8 Å². The molecule has 1 N–H and O–H groups in total. The summed E-state index contributed by atoms with van der Waals surface area (Å²) in [7, 11) is -3.48. The molecule has 3 heterocycles. The molecule has 0 amide bonds. The summed E-state index contributed by atoms with van der Waals surface area (Å²) in [6.45, 7) is 6.30. The fourth-order valence-corrected chi connectivity index (χ4v) is 7.64. The van der Waals surface area contributed by atoms with Crippen molar-refractivity contribution in [2.45, 2.75) is 44.0 Å². The van der Waals surface area contributed by atoms with Crippen molar-refractivity contribution >= 4 is 31.6 Å². The monoisotopic (exact) mass is 472 g/mol. The van der Waals surface area contributed by atoms with Crippen LogP contribution in [-0.2, 0) is 22.9 Å². The van der Waals surface area contributed by atoms with Gasteiger partial charge in [0.2, 0.25) is 10.0 Å². The van der Waals surface area contributed by atoms with Gasteiger partial charge in [-0.05, 0) is 49.8 Å². The number of hydrogen-bond acceptors (Lipinski definition) is 6. The van der Waals surface area contributed by atoms with Gasteiger partial charge in [-0.25, -0.2) is 13.4 Å². The number of hydrogen-bond donors (Lipinski definition) is 1. The van der Waals surface area contributed by atoms with Crippen LogP contribution in [0.5, 0.6) is 0 Å². The number of benzene rings is 1. The van der Waals surface area contributed by atoms with Crippen molar-refractivity contribution in [2.24, 2.45) is 5.92 Å². The van der Waals surface area contributed by atoms with Crippen LogP contribution in [-0.4, -0.2) is 53.8 Å². The zero-order valence-corrected chi connectivity index (χ0v) is 20.0. The van der Waals surface area contributed by atoms with Crippen molar-refractivity contribution in [1.29, 1.82) is 0 Å². The zero-order valence-electron chi connectivity index (χ0n) is 18.4. The molecule has 0 radical (unpaired) electrons. The van der Waals surface area contributed by atoms with Crippen LogP contribution in [0.3, 0.4) is 0 Å². The highest BCUT2D eigenvalue weighted by Gasteiger charge is 2.31. The number of nitrogens with one attached hydrogen (secondary N) is 1. The molecule has 2 atom stereocenters. The van der Waals surface area contributed by atoms with Crippen LogP contribution in [0.25, 0.3) is 10.2 Å². The first-order valence-corrected chi connectivity index (χ1v) is 13.4. The first-order valence-electron chi connectivity index (χ1n) is 11.2. The highest BCUT2D eigenvalue weighted by Crippen LogP contribution is 2.36. The number of fused-ring (bicyclic) bond motifs is 3. The Morgan fingerprint density at radius 3 is 2.59 bits per heavy atom. The van der Waals surface area contributed by atoms with E-state index in [-0.39, 0.29) is 11.6 Å². The van der Waals surface area contributed by atoms with E-state index in [1.807, 2.05) is 13.0 Å². The van der Waals surface area contributed by atoms with Crippen LogP contribution in [0.1, 0.15) is 42.6 Å². The van der Waals surface area contributed by atoms with Gasteiger partial charge in [-0.3, -0.25) is 9.69 Å². The van der Waals surface area contributed by atoms with Gasteiger partial charge < -0.3 is 4.98 Å². The largest absolute Gasteiger partial charge is 0.309 e. The molecule has 32 heavy (non-hydrogen) atoms. The summed E-state index contributed by atoms with van der Waals surface area (Å²) in [4.78, 5) is 25.5. The van der Waals surface area contributed by atoms with Crippen LogP contribution < -0.4 is 5.56 Å². The second kappa shape index (κ2) is 8.37. The molecule has 0 spiro atoms. The maximum Gasteiger partial charge on any atom is 0.259 e. The van der Waals surface area contributed by atoms with Crippen molar-refractivity contribution in [3.63, 3.8) is 0 Å². The Bertz CT molecular complexity index is 1290. The van der Waals surface area contributed by atoms with Crippen LogP contribution in [0.4, 0.5) is 0 Å². The van der Waals surface area contributed by atoms with E-state index < -0.39 is 10.0 Å². The van der Waals surface area contributed by atoms with Crippen molar-refractivity contribution in [1.82, 2.24) is 19.2 Å². The molecular formula is C23H28N4O3S2. The molecule has 1 aromatic carbocycles. The van der Waals surface area contributed by atoms with E-state index in [1.165, 1.54) is 10.4 Å². The predicted molar refractivity (Wildman–Crippen MR) is 127 cm³/mol. The summed E-state index contributed by atoms with van der Waals surface area (Å²) in [5, 5.41) is 0.770. The van der Waals surface area contributed by atoms with Gasteiger partial charge in [0.15, 0.2) is 0 Å². The molecule has 2 unspecified atom stereocenters. The highest BCUT2D eigenvalue weighted by molar-refractivity contribution is 7.89. The van der Waals surface area contributed by atoms with E-state index in [9.17, 15) is 13.2 Å². The van der Waals surface area contributed by atoms with E-state index in [2.05, 4.69) is 16.8 Å². The summed E-state index contributed by atoms with van der Waals surface area (Å²) < 4.78 is 27.3. The number of rotatable bonds is 4. The zero-order chi connectivity index (χ0) is 22.5. The van der Waals surface area contributed by atoms with E-state index in [0.717, 1.165) is 29.5 Å². The Morgan fingerprint density at radius 1 is 1.16 bits per heavy atom. The molecule has 1 aliphatic heterocycles.